The summed E-state index contributed by atoms with van der Waals surface area (Å²) in [6, 6.07) is 11.8. The van der Waals surface area contributed by atoms with E-state index in [0.717, 1.165) is 24.2 Å². The maximum Gasteiger partial charge on any atom is 0.254 e. The number of hydrogen-bond acceptors (Lipinski definition) is 5. The molecular weight excluding hydrogens is 380 g/mol. The van der Waals surface area contributed by atoms with Crippen molar-refractivity contribution < 1.29 is 22.7 Å². The van der Waals surface area contributed by atoms with Gasteiger partial charge in [0.15, 0.2) is 11.5 Å². The summed E-state index contributed by atoms with van der Waals surface area (Å²) in [6.07, 6.45) is 1.74. The zero-order valence-electron chi connectivity index (χ0n) is 15.6. The van der Waals surface area contributed by atoms with Crippen molar-refractivity contribution in [2.24, 2.45) is 0 Å². The van der Waals surface area contributed by atoms with Crippen molar-refractivity contribution in [2.75, 3.05) is 26.8 Å². The van der Waals surface area contributed by atoms with E-state index >= 15 is 0 Å². The maximum atomic E-state index is 13.1. The molecule has 2 aromatic rings. The number of hydrogen-bond donors (Lipinski definition) is 1. The maximum absolute atomic E-state index is 13.1. The van der Waals surface area contributed by atoms with Crippen LogP contribution in [0.25, 0.3) is 0 Å². The number of sulfonamides is 1. The predicted molar refractivity (Wildman–Crippen MR) is 103 cm³/mol. The molecule has 2 heterocycles. The summed E-state index contributed by atoms with van der Waals surface area (Å²) in [7, 11) is -2.26. The van der Waals surface area contributed by atoms with Crippen LogP contribution in [-0.4, -0.2) is 46.0 Å². The molecule has 4 rings (SSSR count). The van der Waals surface area contributed by atoms with Crippen LogP contribution in [0.1, 0.15) is 34.8 Å². The van der Waals surface area contributed by atoms with Crippen LogP contribution in [0.5, 0.6) is 11.5 Å². The molecule has 2 aromatic carbocycles. The number of ether oxygens (including phenoxy) is 2. The topological polar surface area (TPSA) is 84.9 Å². The van der Waals surface area contributed by atoms with E-state index in [0.29, 0.717) is 31.1 Å². The van der Waals surface area contributed by atoms with Gasteiger partial charge < -0.3 is 14.4 Å². The van der Waals surface area contributed by atoms with Crippen molar-refractivity contribution in [3.05, 3.63) is 53.6 Å². The highest BCUT2D eigenvalue weighted by Crippen LogP contribution is 2.38. The second-order valence-corrected chi connectivity index (χ2v) is 8.68. The Morgan fingerprint density at radius 3 is 2.68 bits per heavy atom. The fourth-order valence-corrected chi connectivity index (χ4v) is 4.48. The molecule has 0 saturated carbocycles. The zero-order chi connectivity index (χ0) is 19.7. The second kappa shape index (κ2) is 7.44. The highest BCUT2D eigenvalue weighted by atomic mass is 32.2. The van der Waals surface area contributed by atoms with Crippen molar-refractivity contribution in [3.63, 3.8) is 0 Å². The highest BCUT2D eigenvalue weighted by molar-refractivity contribution is 7.89. The molecule has 28 heavy (non-hydrogen) atoms. The summed E-state index contributed by atoms with van der Waals surface area (Å²) < 4.78 is 37.6. The molecule has 148 valence electrons. The number of nitrogens with one attached hydrogen (secondary N) is 1. The standard InChI is InChI=1S/C20H22N2O5S/c1-21-28(24,25)16-5-2-4-15(12-16)20(23)22-9-3-6-17(22)14-7-8-18-19(13-14)27-11-10-26-18/h2,4-5,7-8,12-13,17,21H,3,6,9-11H2,1H3/t17-/m1/s1. The van der Waals surface area contributed by atoms with Gasteiger partial charge in [0.25, 0.3) is 5.91 Å². The Kier molecular flexibility index (Phi) is 4.99. The van der Waals surface area contributed by atoms with Crippen LogP contribution in [0.3, 0.4) is 0 Å². The van der Waals surface area contributed by atoms with Gasteiger partial charge in [-0.25, -0.2) is 13.1 Å². The average molecular weight is 402 g/mol. The molecule has 8 heteroatoms. The lowest BCUT2D eigenvalue weighted by molar-refractivity contribution is 0.0735. The number of nitrogens with zero attached hydrogens (tertiary/aromatic N) is 1. The molecule has 1 fully saturated rings. The Balaban J connectivity index is 1.62. The van der Waals surface area contributed by atoms with Crippen molar-refractivity contribution in [2.45, 2.75) is 23.8 Å². The Morgan fingerprint density at radius 2 is 1.89 bits per heavy atom. The smallest absolute Gasteiger partial charge is 0.254 e. The zero-order valence-corrected chi connectivity index (χ0v) is 16.4. The summed E-state index contributed by atoms with van der Waals surface area (Å²) in [5, 5.41) is 0. The molecule has 2 aliphatic rings. The molecule has 0 spiro atoms. The minimum atomic E-state index is -3.60. The van der Waals surface area contributed by atoms with E-state index < -0.39 is 10.0 Å². The first-order valence-electron chi connectivity index (χ1n) is 9.24. The van der Waals surface area contributed by atoms with Gasteiger partial charge in [0.05, 0.1) is 10.9 Å². The van der Waals surface area contributed by atoms with Crippen LogP contribution >= 0.6 is 0 Å². The molecule has 7 nitrogen and oxygen atoms in total. The molecule has 2 aliphatic heterocycles. The van der Waals surface area contributed by atoms with Gasteiger partial charge in [-0.15, -0.1) is 0 Å². The molecule has 0 aliphatic carbocycles. The molecule has 0 aromatic heterocycles. The van der Waals surface area contributed by atoms with E-state index in [-0.39, 0.29) is 16.8 Å². The minimum Gasteiger partial charge on any atom is -0.486 e. The van der Waals surface area contributed by atoms with Crippen LogP contribution in [-0.2, 0) is 10.0 Å². The van der Waals surface area contributed by atoms with Gasteiger partial charge >= 0.3 is 0 Å². The summed E-state index contributed by atoms with van der Waals surface area (Å²) in [4.78, 5) is 15.0. The van der Waals surface area contributed by atoms with Crippen molar-refractivity contribution >= 4 is 15.9 Å². The van der Waals surface area contributed by atoms with E-state index in [1.807, 2.05) is 18.2 Å². The van der Waals surface area contributed by atoms with Gasteiger partial charge in [0.1, 0.15) is 13.2 Å². The van der Waals surface area contributed by atoms with E-state index in [1.165, 1.54) is 19.2 Å². The summed E-state index contributed by atoms with van der Waals surface area (Å²) >= 11 is 0. The third kappa shape index (κ3) is 3.45. The first kappa shape index (κ1) is 18.8. The summed E-state index contributed by atoms with van der Waals surface area (Å²) in [6.45, 7) is 1.67. The molecular formula is C20H22N2O5S. The van der Waals surface area contributed by atoms with Gasteiger partial charge in [-0.2, -0.15) is 0 Å². The fourth-order valence-electron chi connectivity index (χ4n) is 3.70. The average Bonchev–Trinajstić information content (AvgIpc) is 3.23. The molecule has 1 N–H and O–H groups in total. The SMILES string of the molecule is CNS(=O)(=O)c1cccc(C(=O)N2CCC[C@@H]2c2ccc3c(c2)OCCO3)c1. The number of amides is 1. The fraction of sp³-hybridized carbons (Fsp3) is 0.350. The summed E-state index contributed by atoms with van der Waals surface area (Å²) in [5.41, 5.74) is 1.36. The number of fused-ring (bicyclic) bond motifs is 1. The highest BCUT2D eigenvalue weighted by Gasteiger charge is 2.32. The number of carbonyl (C=O) groups is 1. The van der Waals surface area contributed by atoms with Crippen LogP contribution in [0.2, 0.25) is 0 Å². The van der Waals surface area contributed by atoms with Crippen molar-refractivity contribution in [3.8, 4) is 11.5 Å². The molecule has 0 bridgehead atoms. The molecule has 1 atom stereocenters. The van der Waals surface area contributed by atoms with E-state index in [9.17, 15) is 13.2 Å². The largest absolute Gasteiger partial charge is 0.486 e. The molecule has 1 amide bonds. The Morgan fingerprint density at radius 1 is 1.11 bits per heavy atom. The number of likely N-dealkylation sites (tertiary alicyclic amines) is 1. The van der Waals surface area contributed by atoms with Crippen LogP contribution < -0.4 is 14.2 Å². The second-order valence-electron chi connectivity index (χ2n) is 6.80. The number of carbonyl (C=O) groups excluding carboxylic acids is 1. The van der Waals surface area contributed by atoms with Gasteiger partial charge in [0, 0.05) is 12.1 Å². The molecule has 0 unspecified atom stereocenters. The summed E-state index contributed by atoms with van der Waals surface area (Å²) in [5.74, 6) is 1.24. The van der Waals surface area contributed by atoms with Crippen LogP contribution in [0.15, 0.2) is 47.4 Å². The quantitative estimate of drug-likeness (QED) is 0.849. The molecule has 1 saturated heterocycles. The first-order chi connectivity index (χ1) is 13.5. The lowest BCUT2D eigenvalue weighted by Gasteiger charge is -2.27. The van der Waals surface area contributed by atoms with E-state index in [4.69, 9.17) is 9.47 Å². The lowest BCUT2D eigenvalue weighted by atomic mass is 10.0. The Hall–Kier alpha value is -2.58. The Labute approximate surface area is 164 Å². The van der Waals surface area contributed by atoms with E-state index in [1.54, 1.807) is 17.0 Å². The number of benzene rings is 2. The normalized spacial score (nSPS) is 18.9. The third-order valence-corrected chi connectivity index (χ3v) is 6.54. The molecule has 0 radical (unpaired) electrons. The van der Waals surface area contributed by atoms with Gasteiger partial charge in [0.2, 0.25) is 10.0 Å². The van der Waals surface area contributed by atoms with Crippen molar-refractivity contribution in [1.82, 2.24) is 9.62 Å². The van der Waals surface area contributed by atoms with E-state index in [2.05, 4.69) is 4.72 Å². The number of rotatable bonds is 4. The lowest BCUT2D eigenvalue weighted by Crippen LogP contribution is -2.31. The third-order valence-electron chi connectivity index (χ3n) is 5.12. The predicted octanol–water partition coefficient (Wildman–Crippen LogP) is 2.34. The van der Waals surface area contributed by atoms with Gasteiger partial charge in [-0.05, 0) is 55.8 Å². The van der Waals surface area contributed by atoms with Crippen molar-refractivity contribution in [1.29, 1.82) is 0 Å². The minimum absolute atomic E-state index is 0.0760. The van der Waals surface area contributed by atoms with Crippen LogP contribution in [0.4, 0.5) is 0 Å². The van der Waals surface area contributed by atoms with Gasteiger partial charge in [-0.1, -0.05) is 12.1 Å². The Bertz CT molecular complexity index is 1010. The van der Waals surface area contributed by atoms with Gasteiger partial charge in [-0.3, -0.25) is 4.79 Å². The monoisotopic (exact) mass is 402 g/mol. The van der Waals surface area contributed by atoms with Crippen LogP contribution in [0, 0.1) is 0 Å². The first-order valence-corrected chi connectivity index (χ1v) is 10.7.